The Bertz CT molecular complexity index is 552. The molecular weight excluding hydrogens is 338 g/mol. The Morgan fingerprint density at radius 2 is 1.88 bits per heavy atom. The van der Waals surface area contributed by atoms with Crippen molar-refractivity contribution in [3.63, 3.8) is 0 Å². The van der Waals surface area contributed by atoms with Crippen molar-refractivity contribution in [1.82, 2.24) is 15.5 Å². The summed E-state index contributed by atoms with van der Waals surface area (Å²) < 4.78 is 5.43. The van der Waals surface area contributed by atoms with E-state index in [9.17, 15) is 14.4 Å². The standard InChI is InChI=1S/C18H31N3O5/c1-12-10-19-11-18(12,9-14(22)26-17(2,3)4)15(23)20-13-5-7-21(8-6-13)16(24)25/h12-13,19H,5-11H2,1-4H3,(H,20,23)(H,24,25)/t12-,18+/m0/s1. The van der Waals surface area contributed by atoms with E-state index in [1.807, 2.05) is 27.7 Å². The third kappa shape index (κ3) is 4.87. The molecule has 0 radical (unpaired) electrons. The van der Waals surface area contributed by atoms with Gasteiger partial charge in [-0.15, -0.1) is 0 Å². The Labute approximate surface area is 154 Å². The van der Waals surface area contributed by atoms with E-state index in [-0.39, 0.29) is 30.3 Å². The molecule has 2 fully saturated rings. The second kappa shape index (κ2) is 7.82. The molecule has 148 valence electrons. The quantitative estimate of drug-likeness (QED) is 0.643. The van der Waals surface area contributed by atoms with Crippen molar-refractivity contribution < 1.29 is 24.2 Å². The smallest absolute Gasteiger partial charge is 0.407 e. The molecule has 8 heteroatoms. The lowest BCUT2D eigenvalue weighted by atomic mass is 9.75. The van der Waals surface area contributed by atoms with Crippen LogP contribution in [0.3, 0.4) is 0 Å². The predicted octanol–water partition coefficient (Wildman–Crippen LogP) is 1.20. The first-order chi connectivity index (χ1) is 12.0. The van der Waals surface area contributed by atoms with Crippen LogP contribution in [0.5, 0.6) is 0 Å². The molecule has 0 aromatic heterocycles. The number of esters is 1. The predicted molar refractivity (Wildman–Crippen MR) is 95.7 cm³/mol. The van der Waals surface area contributed by atoms with E-state index < -0.39 is 17.1 Å². The van der Waals surface area contributed by atoms with Crippen molar-refractivity contribution in [2.75, 3.05) is 26.2 Å². The summed E-state index contributed by atoms with van der Waals surface area (Å²) in [6.45, 7) is 9.33. The highest BCUT2D eigenvalue weighted by atomic mass is 16.6. The lowest BCUT2D eigenvalue weighted by molar-refractivity contribution is -0.161. The number of carbonyl (C=O) groups excluding carboxylic acids is 2. The summed E-state index contributed by atoms with van der Waals surface area (Å²) in [6, 6.07) is -0.0681. The largest absolute Gasteiger partial charge is 0.465 e. The minimum Gasteiger partial charge on any atom is -0.465 e. The zero-order chi connectivity index (χ0) is 19.5. The number of carbonyl (C=O) groups is 3. The van der Waals surface area contributed by atoms with Crippen molar-refractivity contribution in [2.45, 2.75) is 58.6 Å². The molecule has 2 aliphatic rings. The molecule has 2 saturated heterocycles. The van der Waals surface area contributed by atoms with Crippen LogP contribution in [-0.2, 0) is 14.3 Å². The molecule has 0 saturated carbocycles. The van der Waals surface area contributed by atoms with Gasteiger partial charge in [0.2, 0.25) is 5.91 Å². The Morgan fingerprint density at radius 3 is 2.35 bits per heavy atom. The van der Waals surface area contributed by atoms with Crippen LogP contribution in [0, 0.1) is 11.3 Å². The number of rotatable bonds is 4. The van der Waals surface area contributed by atoms with Crippen molar-refractivity contribution >= 4 is 18.0 Å². The molecule has 2 rings (SSSR count). The fourth-order valence-corrected chi connectivity index (χ4v) is 3.68. The van der Waals surface area contributed by atoms with Gasteiger partial charge >= 0.3 is 12.1 Å². The van der Waals surface area contributed by atoms with Gasteiger partial charge in [-0.3, -0.25) is 9.59 Å². The molecule has 0 aliphatic carbocycles. The Kier molecular flexibility index (Phi) is 6.16. The Balaban J connectivity index is 2.01. The van der Waals surface area contributed by atoms with Gasteiger partial charge in [-0.05, 0) is 46.1 Å². The van der Waals surface area contributed by atoms with Crippen LogP contribution in [-0.4, -0.2) is 65.8 Å². The summed E-state index contributed by atoms with van der Waals surface area (Å²) in [5.41, 5.74) is -1.42. The molecule has 0 spiro atoms. The van der Waals surface area contributed by atoms with E-state index in [0.717, 1.165) is 0 Å². The highest BCUT2D eigenvalue weighted by molar-refractivity contribution is 5.88. The van der Waals surface area contributed by atoms with Crippen molar-refractivity contribution in [1.29, 1.82) is 0 Å². The molecule has 2 heterocycles. The lowest BCUT2D eigenvalue weighted by Crippen LogP contribution is -2.53. The molecule has 0 aromatic carbocycles. The molecule has 26 heavy (non-hydrogen) atoms. The van der Waals surface area contributed by atoms with Crippen LogP contribution in [0.2, 0.25) is 0 Å². The zero-order valence-electron chi connectivity index (χ0n) is 16.1. The number of piperidine rings is 1. The number of carboxylic acid groups (broad SMARTS) is 1. The fraction of sp³-hybridized carbons (Fsp3) is 0.833. The van der Waals surface area contributed by atoms with E-state index in [2.05, 4.69) is 10.6 Å². The topological polar surface area (TPSA) is 108 Å². The van der Waals surface area contributed by atoms with E-state index >= 15 is 0 Å². The molecule has 2 aliphatic heterocycles. The minimum absolute atomic E-state index is 0.00845. The van der Waals surface area contributed by atoms with E-state index in [1.165, 1.54) is 4.90 Å². The van der Waals surface area contributed by atoms with Crippen LogP contribution in [0.25, 0.3) is 0 Å². The third-order valence-electron chi connectivity index (χ3n) is 5.27. The summed E-state index contributed by atoms with van der Waals surface area (Å²) in [5, 5.41) is 15.3. The monoisotopic (exact) mass is 369 g/mol. The molecule has 2 amide bonds. The van der Waals surface area contributed by atoms with Gasteiger partial charge in [0.15, 0.2) is 0 Å². The summed E-state index contributed by atoms with van der Waals surface area (Å²) in [5.74, 6) is -0.507. The molecule has 8 nitrogen and oxygen atoms in total. The second-order valence-corrected chi connectivity index (χ2v) is 8.47. The second-order valence-electron chi connectivity index (χ2n) is 8.47. The first-order valence-corrected chi connectivity index (χ1v) is 9.25. The minimum atomic E-state index is -0.926. The summed E-state index contributed by atoms with van der Waals surface area (Å²) in [7, 11) is 0. The Hall–Kier alpha value is -1.83. The van der Waals surface area contributed by atoms with E-state index in [4.69, 9.17) is 9.84 Å². The summed E-state index contributed by atoms with van der Waals surface area (Å²) >= 11 is 0. The number of nitrogens with zero attached hydrogens (tertiary/aromatic N) is 1. The van der Waals surface area contributed by atoms with E-state index in [0.29, 0.717) is 39.0 Å². The normalized spacial score (nSPS) is 27.2. The lowest BCUT2D eigenvalue weighted by Gasteiger charge is -2.36. The maximum Gasteiger partial charge on any atom is 0.407 e. The maximum atomic E-state index is 13.1. The van der Waals surface area contributed by atoms with Crippen molar-refractivity contribution in [3.8, 4) is 0 Å². The molecule has 2 atom stereocenters. The summed E-state index contributed by atoms with van der Waals surface area (Å²) in [6.07, 6.45) is 0.285. The van der Waals surface area contributed by atoms with Crippen molar-refractivity contribution in [2.24, 2.45) is 11.3 Å². The maximum absolute atomic E-state index is 13.1. The van der Waals surface area contributed by atoms with Gasteiger partial charge in [0, 0.05) is 25.7 Å². The highest BCUT2D eigenvalue weighted by Crippen LogP contribution is 2.36. The van der Waals surface area contributed by atoms with E-state index in [1.54, 1.807) is 0 Å². The molecular formula is C18H31N3O5. The van der Waals surface area contributed by atoms with Gasteiger partial charge in [-0.25, -0.2) is 4.79 Å². The van der Waals surface area contributed by atoms with Crippen LogP contribution in [0.4, 0.5) is 4.79 Å². The first-order valence-electron chi connectivity index (χ1n) is 9.25. The fourth-order valence-electron chi connectivity index (χ4n) is 3.68. The van der Waals surface area contributed by atoms with Crippen molar-refractivity contribution in [3.05, 3.63) is 0 Å². The number of likely N-dealkylation sites (tertiary alicyclic amines) is 1. The van der Waals surface area contributed by atoms with Gasteiger partial charge in [-0.2, -0.15) is 0 Å². The average Bonchev–Trinajstić information content (AvgIpc) is 2.87. The third-order valence-corrected chi connectivity index (χ3v) is 5.27. The van der Waals surface area contributed by atoms with Gasteiger partial charge in [0.05, 0.1) is 11.8 Å². The van der Waals surface area contributed by atoms with Gasteiger partial charge in [0.25, 0.3) is 0 Å². The first kappa shape index (κ1) is 20.5. The molecule has 0 bridgehead atoms. The van der Waals surface area contributed by atoms with Crippen LogP contribution in [0.1, 0.15) is 47.0 Å². The van der Waals surface area contributed by atoms with Gasteiger partial charge in [0.1, 0.15) is 5.60 Å². The number of hydrogen-bond donors (Lipinski definition) is 3. The SMILES string of the molecule is C[C@H]1CNC[C@@]1(CC(=O)OC(C)(C)C)C(=O)NC1CCN(C(=O)O)CC1. The molecule has 3 N–H and O–H groups in total. The molecule has 0 unspecified atom stereocenters. The number of hydrogen-bond acceptors (Lipinski definition) is 5. The number of amides is 2. The zero-order valence-corrected chi connectivity index (χ0v) is 16.1. The summed E-state index contributed by atoms with van der Waals surface area (Å²) in [4.78, 5) is 37.8. The number of ether oxygens (including phenoxy) is 1. The van der Waals surface area contributed by atoms with Gasteiger partial charge in [-0.1, -0.05) is 6.92 Å². The van der Waals surface area contributed by atoms with Crippen LogP contribution in [0.15, 0.2) is 0 Å². The van der Waals surface area contributed by atoms with Crippen LogP contribution < -0.4 is 10.6 Å². The Morgan fingerprint density at radius 1 is 1.27 bits per heavy atom. The average molecular weight is 369 g/mol. The number of nitrogens with one attached hydrogen (secondary N) is 2. The molecule has 0 aromatic rings. The van der Waals surface area contributed by atoms with Crippen LogP contribution >= 0.6 is 0 Å². The van der Waals surface area contributed by atoms with Gasteiger partial charge < -0.3 is 25.4 Å². The highest BCUT2D eigenvalue weighted by Gasteiger charge is 2.49.